The number of aryl methyl sites for hydroxylation is 1. The van der Waals surface area contributed by atoms with E-state index in [1.807, 2.05) is 37.3 Å². The lowest BCUT2D eigenvalue weighted by atomic mass is 10.1. The Kier molecular flexibility index (Phi) is 3.82. The Morgan fingerprint density at radius 2 is 1.88 bits per heavy atom. The van der Waals surface area contributed by atoms with Gasteiger partial charge in [-0.05, 0) is 25.1 Å². The fraction of sp³-hybridized carbons (Fsp3) is 0.158. The lowest BCUT2D eigenvalue weighted by Gasteiger charge is -2.16. The van der Waals surface area contributed by atoms with Crippen LogP contribution < -0.4 is 5.56 Å². The topological polar surface area (TPSA) is 59.5 Å². The van der Waals surface area contributed by atoms with Crippen LogP contribution in [0.1, 0.15) is 17.4 Å². The average molecular weight is 354 g/mol. The monoisotopic (exact) mass is 353 g/mol. The van der Waals surface area contributed by atoms with E-state index >= 15 is 0 Å². The Morgan fingerprint density at radius 1 is 1.16 bits per heavy atom. The maximum Gasteiger partial charge on any atom is 0.261 e. The number of benzene rings is 2. The van der Waals surface area contributed by atoms with Crippen LogP contribution in [0.5, 0.6) is 0 Å². The minimum atomic E-state index is -0.897. The van der Waals surface area contributed by atoms with E-state index in [4.69, 9.17) is 11.6 Å². The summed E-state index contributed by atoms with van der Waals surface area (Å²) in [6.07, 6.45) is -0.897. The Balaban J connectivity index is 1.93. The summed E-state index contributed by atoms with van der Waals surface area (Å²) in [5.41, 5.74) is 2.64. The molecule has 2 heterocycles. The van der Waals surface area contributed by atoms with Crippen LogP contribution in [0.2, 0.25) is 5.02 Å². The van der Waals surface area contributed by atoms with Crippen LogP contribution in [0.15, 0.2) is 59.4 Å². The summed E-state index contributed by atoms with van der Waals surface area (Å²) in [5.74, 6) is 0. The highest BCUT2D eigenvalue weighted by atomic mass is 35.5. The molecule has 2 aromatic carbocycles. The first-order valence-corrected chi connectivity index (χ1v) is 8.34. The van der Waals surface area contributed by atoms with Crippen LogP contribution in [-0.4, -0.2) is 19.3 Å². The molecular weight excluding hydrogens is 338 g/mol. The molecule has 0 radical (unpaired) electrons. The van der Waals surface area contributed by atoms with Gasteiger partial charge >= 0.3 is 0 Å². The summed E-state index contributed by atoms with van der Waals surface area (Å²) in [7, 11) is 0. The molecule has 1 N–H and O–H groups in total. The smallest absolute Gasteiger partial charge is 0.261 e. The maximum atomic E-state index is 13.0. The van der Waals surface area contributed by atoms with Gasteiger partial charge in [0.1, 0.15) is 5.65 Å². The summed E-state index contributed by atoms with van der Waals surface area (Å²) >= 11 is 6.18. The van der Waals surface area contributed by atoms with Crippen LogP contribution in [0.3, 0.4) is 0 Å². The van der Waals surface area contributed by atoms with E-state index in [0.29, 0.717) is 21.6 Å². The highest BCUT2D eigenvalue weighted by Crippen LogP contribution is 2.24. The standard InChI is InChI=1S/C19H16ClN3O2/c1-12-10-18-22(11-17(24)13-6-2-4-8-15(13)20)19(25)14-7-3-5-9-16(14)23(18)21-12/h2-10,17,24H,11H2,1H3. The Hall–Kier alpha value is -2.63. The van der Waals surface area contributed by atoms with E-state index in [1.54, 1.807) is 33.3 Å². The molecule has 4 aromatic rings. The zero-order valence-corrected chi connectivity index (χ0v) is 14.3. The summed E-state index contributed by atoms with van der Waals surface area (Å²) in [5, 5.41) is 16.2. The Bertz CT molecular complexity index is 1150. The molecule has 2 aromatic heterocycles. The molecule has 0 saturated heterocycles. The minimum Gasteiger partial charge on any atom is -0.386 e. The van der Waals surface area contributed by atoms with E-state index in [1.165, 1.54) is 0 Å². The van der Waals surface area contributed by atoms with Crippen molar-refractivity contribution in [2.75, 3.05) is 0 Å². The number of aliphatic hydroxyl groups excluding tert-OH is 1. The molecule has 0 aliphatic carbocycles. The second-order valence-electron chi connectivity index (χ2n) is 6.03. The van der Waals surface area contributed by atoms with Crippen molar-refractivity contribution in [3.63, 3.8) is 0 Å². The number of hydrogen-bond acceptors (Lipinski definition) is 3. The van der Waals surface area contributed by atoms with Crippen LogP contribution in [0.25, 0.3) is 16.6 Å². The summed E-state index contributed by atoms with van der Waals surface area (Å²) in [6.45, 7) is 1.98. The second kappa shape index (κ2) is 6.02. The van der Waals surface area contributed by atoms with Gasteiger partial charge in [0.25, 0.3) is 5.56 Å². The molecule has 0 aliphatic heterocycles. The third-order valence-corrected chi connectivity index (χ3v) is 4.66. The van der Waals surface area contributed by atoms with E-state index in [9.17, 15) is 9.90 Å². The molecule has 4 rings (SSSR count). The van der Waals surface area contributed by atoms with Crippen molar-refractivity contribution >= 4 is 28.2 Å². The average Bonchev–Trinajstić information content (AvgIpc) is 3.00. The minimum absolute atomic E-state index is 0.0992. The highest BCUT2D eigenvalue weighted by molar-refractivity contribution is 6.31. The van der Waals surface area contributed by atoms with Crippen molar-refractivity contribution in [3.05, 3.63) is 81.2 Å². The van der Waals surface area contributed by atoms with Crippen LogP contribution >= 0.6 is 11.6 Å². The van der Waals surface area contributed by atoms with Crippen LogP contribution in [-0.2, 0) is 6.54 Å². The third kappa shape index (κ3) is 2.62. The molecule has 1 atom stereocenters. The predicted octanol–water partition coefficient (Wildman–Crippen LogP) is 3.34. The van der Waals surface area contributed by atoms with Gasteiger partial charge < -0.3 is 5.11 Å². The molecule has 6 heteroatoms. The zero-order valence-electron chi connectivity index (χ0n) is 13.6. The summed E-state index contributed by atoms with van der Waals surface area (Å²) in [4.78, 5) is 13.0. The zero-order chi connectivity index (χ0) is 17.6. The van der Waals surface area contributed by atoms with Gasteiger partial charge in [-0.2, -0.15) is 5.10 Å². The predicted molar refractivity (Wildman–Crippen MR) is 98.1 cm³/mol. The SMILES string of the molecule is Cc1cc2n(CC(O)c3ccccc3Cl)c(=O)c3ccccc3n2n1. The van der Waals surface area contributed by atoms with E-state index in [2.05, 4.69) is 5.10 Å². The normalized spacial score (nSPS) is 12.8. The van der Waals surface area contributed by atoms with Crippen LogP contribution in [0, 0.1) is 6.92 Å². The fourth-order valence-corrected chi connectivity index (χ4v) is 3.40. The summed E-state index contributed by atoms with van der Waals surface area (Å²) < 4.78 is 3.29. The number of aromatic nitrogens is 3. The van der Waals surface area contributed by atoms with Crippen molar-refractivity contribution in [2.24, 2.45) is 0 Å². The van der Waals surface area contributed by atoms with Crippen molar-refractivity contribution in [1.29, 1.82) is 0 Å². The van der Waals surface area contributed by atoms with Gasteiger partial charge in [0, 0.05) is 16.7 Å². The van der Waals surface area contributed by atoms with E-state index < -0.39 is 6.10 Å². The van der Waals surface area contributed by atoms with E-state index in [-0.39, 0.29) is 12.1 Å². The summed E-state index contributed by atoms with van der Waals surface area (Å²) in [6, 6.07) is 16.3. The first kappa shape index (κ1) is 15.9. The number of fused-ring (bicyclic) bond motifs is 3. The molecule has 1 unspecified atom stereocenters. The molecule has 0 spiro atoms. The number of rotatable bonds is 3. The molecule has 0 amide bonds. The molecule has 0 bridgehead atoms. The van der Waals surface area contributed by atoms with Gasteiger partial charge in [0.15, 0.2) is 0 Å². The lowest BCUT2D eigenvalue weighted by Crippen LogP contribution is -2.25. The fourth-order valence-electron chi connectivity index (χ4n) is 3.14. The van der Waals surface area contributed by atoms with Gasteiger partial charge in [-0.15, -0.1) is 0 Å². The van der Waals surface area contributed by atoms with Crippen molar-refractivity contribution < 1.29 is 5.11 Å². The molecule has 126 valence electrons. The Labute approximate surface area is 148 Å². The van der Waals surface area contributed by atoms with Crippen molar-refractivity contribution in [1.82, 2.24) is 14.2 Å². The van der Waals surface area contributed by atoms with Gasteiger partial charge in [0.2, 0.25) is 0 Å². The maximum absolute atomic E-state index is 13.0. The number of hydrogen-bond donors (Lipinski definition) is 1. The molecule has 5 nitrogen and oxygen atoms in total. The second-order valence-corrected chi connectivity index (χ2v) is 6.43. The van der Waals surface area contributed by atoms with Gasteiger partial charge in [0.05, 0.1) is 29.2 Å². The third-order valence-electron chi connectivity index (χ3n) is 4.32. The quantitative estimate of drug-likeness (QED) is 0.614. The highest BCUT2D eigenvalue weighted by Gasteiger charge is 2.17. The van der Waals surface area contributed by atoms with Crippen molar-refractivity contribution in [2.45, 2.75) is 19.6 Å². The largest absolute Gasteiger partial charge is 0.386 e. The van der Waals surface area contributed by atoms with Gasteiger partial charge in [-0.1, -0.05) is 41.9 Å². The lowest BCUT2D eigenvalue weighted by molar-refractivity contribution is 0.156. The number of aliphatic hydroxyl groups is 1. The molecule has 0 aliphatic rings. The van der Waals surface area contributed by atoms with Gasteiger partial charge in [-0.25, -0.2) is 4.52 Å². The molecule has 0 saturated carbocycles. The first-order valence-electron chi connectivity index (χ1n) is 7.96. The number of halogens is 1. The molecule has 0 fully saturated rings. The van der Waals surface area contributed by atoms with E-state index in [0.717, 1.165) is 11.2 Å². The van der Waals surface area contributed by atoms with Crippen LogP contribution in [0.4, 0.5) is 0 Å². The first-order chi connectivity index (χ1) is 12.1. The Morgan fingerprint density at radius 3 is 2.68 bits per heavy atom. The van der Waals surface area contributed by atoms with Gasteiger partial charge in [-0.3, -0.25) is 9.36 Å². The molecular formula is C19H16ClN3O2. The molecule has 25 heavy (non-hydrogen) atoms. The van der Waals surface area contributed by atoms with Crippen molar-refractivity contribution in [3.8, 4) is 0 Å². The number of para-hydroxylation sites is 1. The number of nitrogens with zero attached hydrogens (tertiary/aromatic N) is 3.